The number of benzene rings is 2. The van der Waals surface area contributed by atoms with E-state index in [-0.39, 0.29) is 12.5 Å². The van der Waals surface area contributed by atoms with Gasteiger partial charge >= 0.3 is 5.97 Å². The number of rotatable bonds is 6. The van der Waals surface area contributed by atoms with Crippen LogP contribution in [0, 0.1) is 0 Å². The third-order valence-corrected chi connectivity index (χ3v) is 4.66. The first-order chi connectivity index (χ1) is 13.7. The number of carbonyl (C=O) groups excluding carboxylic acids is 2. The number of oxazole rings is 1. The smallest absolute Gasteiger partial charge is 0.338 e. The van der Waals surface area contributed by atoms with Crippen LogP contribution in [-0.4, -0.2) is 28.3 Å². The molecule has 1 aliphatic rings. The maximum atomic E-state index is 12.3. The molecule has 0 aliphatic carbocycles. The molecule has 142 valence electrons. The molecular weight excluding hydrogens is 356 g/mol. The van der Waals surface area contributed by atoms with Crippen molar-refractivity contribution in [2.45, 2.75) is 26.0 Å². The van der Waals surface area contributed by atoms with Gasteiger partial charge in [-0.05, 0) is 36.2 Å². The molecule has 6 nitrogen and oxygen atoms in total. The number of hydrogen-bond acceptors (Lipinski definition) is 5. The number of esters is 1. The number of likely N-dealkylation sites (tertiary alicyclic amines) is 1. The molecular formula is C22H20N2O4. The average Bonchev–Trinajstić information content (AvgIpc) is 3.37. The minimum absolute atomic E-state index is 0.0409. The first-order valence-corrected chi connectivity index (χ1v) is 9.23. The highest BCUT2D eigenvalue weighted by Gasteiger charge is 2.20. The van der Waals surface area contributed by atoms with Crippen molar-refractivity contribution in [3.8, 4) is 11.5 Å². The molecule has 28 heavy (non-hydrogen) atoms. The van der Waals surface area contributed by atoms with Gasteiger partial charge in [-0.3, -0.25) is 4.79 Å². The number of hydrogen-bond donors (Lipinski definition) is 0. The third-order valence-electron chi connectivity index (χ3n) is 4.66. The van der Waals surface area contributed by atoms with Crippen LogP contribution in [0.15, 0.2) is 65.3 Å². The lowest BCUT2D eigenvalue weighted by Crippen LogP contribution is -2.23. The molecule has 2 aromatic carbocycles. The Morgan fingerprint density at radius 1 is 1.11 bits per heavy atom. The first-order valence-electron chi connectivity index (χ1n) is 9.23. The van der Waals surface area contributed by atoms with E-state index >= 15 is 0 Å². The molecule has 6 heteroatoms. The molecule has 0 unspecified atom stereocenters. The Bertz CT molecular complexity index is 964. The average molecular weight is 376 g/mol. The summed E-state index contributed by atoms with van der Waals surface area (Å²) in [6, 6.07) is 16.7. The van der Waals surface area contributed by atoms with Crippen LogP contribution in [0.1, 0.15) is 34.5 Å². The van der Waals surface area contributed by atoms with Crippen LogP contribution in [0.2, 0.25) is 0 Å². The van der Waals surface area contributed by atoms with Crippen molar-refractivity contribution in [3.05, 3.63) is 77.7 Å². The van der Waals surface area contributed by atoms with E-state index in [4.69, 9.17) is 9.15 Å². The molecule has 1 aliphatic heterocycles. The maximum absolute atomic E-state index is 12.3. The van der Waals surface area contributed by atoms with Gasteiger partial charge in [0.15, 0.2) is 0 Å². The molecule has 0 spiro atoms. The van der Waals surface area contributed by atoms with E-state index in [2.05, 4.69) is 4.98 Å². The highest BCUT2D eigenvalue weighted by Crippen LogP contribution is 2.19. The molecule has 0 radical (unpaired) electrons. The predicted octanol–water partition coefficient (Wildman–Crippen LogP) is 3.82. The van der Waals surface area contributed by atoms with Crippen LogP contribution in [0.4, 0.5) is 0 Å². The second kappa shape index (κ2) is 8.08. The van der Waals surface area contributed by atoms with Crippen molar-refractivity contribution in [3.63, 3.8) is 0 Å². The molecule has 3 aromatic rings. The minimum atomic E-state index is -0.423. The molecule has 2 heterocycles. The van der Waals surface area contributed by atoms with Gasteiger partial charge in [0.25, 0.3) is 0 Å². The number of aromatic nitrogens is 1. The molecule has 0 bridgehead atoms. The standard InChI is InChI=1S/C22H20N2O4/c25-20-7-4-12-24(20)13-16-8-10-18(11-9-16)22(26)28-15-19-14-27-21(23-19)17-5-2-1-3-6-17/h1-3,5-6,8-11,14H,4,7,12-13,15H2. The molecule has 1 amide bonds. The predicted molar refractivity (Wildman–Crippen MR) is 102 cm³/mol. The fourth-order valence-corrected chi connectivity index (χ4v) is 3.15. The van der Waals surface area contributed by atoms with Gasteiger partial charge in [-0.25, -0.2) is 9.78 Å². The number of ether oxygens (including phenoxy) is 1. The second-order valence-corrected chi connectivity index (χ2v) is 6.70. The van der Waals surface area contributed by atoms with Crippen molar-refractivity contribution in [2.24, 2.45) is 0 Å². The van der Waals surface area contributed by atoms with Crippen LogP contribution in [0.3, 0.4) is 0 Å². The Kier molecular flexibility index (Phi) is 5.19. The lowest BCUT2D eigenvalue weighted by molar-refractivity contribution is -0.128. The van der Waals surface area contributed by atoms with Crippen LogP contribution in [0.25, 0.3) is 11.5 Å². The topological polar surface area (TPSA) is 72.6 Å². The van der Waals surface area contributed by atoms with E-state index in [9.17, 15) is 9.59 Å². The lowest BCUT2D eigenvalue weighted by Gasteiger charge is -2.15. The van der Waals surface area contributed by atoms with E-state index in [1.165, 1.54) is 6.26 Å². The molecule has 0 N–H and O–H groups in total. The van der Waals surface area contributed by atoms with E-state index < -0.39 is 5.97 Å². The van der Waals surface area contributed by atoms with Crippen molar-refractivity contribution in [1.29, 1.82) is 0 Å². The quantitative estimate of drug-likeness (QED) is 0.612. The van der Waals surface area contributed by atoms with Gasteiger partial charge in [0.05, 0.1) is 5.56 Å². The van der Waals surface area contributed by atoms with Crippen molar-refractivity contribution >= 4 is 11.9 Å². The normalized spacial score (nSPS) is 13.7. The maximum Gasteiger partial charge on any atom is 0.338 e. The van der Waals surface area contributed by atoms with Crippen LogP contribution in [-0.2, 0) is 22.7 Å². The van der Waals surface area contributed by atoms with Gasteiger partial charge in [0, 0.05) is 25.1 Å². The van der Waals surface area contributed by atoms with E-state index in [0.29, 0.717) is 30.1 Å². The lowest BCUT2D eigenvalue weighted by atomic mass is 10.1. The summed E-state index contributed by atoms with van der Waals surface area (Å²) in [6.07, 6.45) is 3.03. The van der Waals surface area contributed by atoms with Gasteiger partial charge in [-0.2, -0.15) is 0 Å². The minimum Gasteiger partial charge on any atom is -0.455 e. The van der Waals surface area contributed by atoms with Crippen molar-refractivity contribution < 1.29 is 18.7 Å². The fraction of sp³-hybridized carbons (Fsp3) is 0.227. The molecule has 1 aromatic heterocycles. The van der Waals surface area contributed by atoms with Gasteiger partial charge in [0.1, 0.15) is 18.6 Å². The third kappa shape index (κ3) is 4.11. The summed E-state index contributed by atoms with van der Waals surface area (Å²) in [6.45, 7) is 1.42. The SMILES string of the molecule is O=C(OCc1coc(-c2ccccc2)n1)c1ccc(CN2CCCC2=O)cc1. The summed E-state index contributed by atoms with van der Waals surface area (Å²) < 4.78 is 10.8. The van der Waals surface area contributed by atoms with Gasteiger partial charge in [-0.15, -0.1) is 0 Å². The zero-order chi connectivity index (χ0) is 19.3. The summed E-state index contributed by atoms with van der Waals surface area (Å²) >= 11 is 0. The van der Waals surface area contributed by atoms with Crippen LogP contribution in [0.5, 0.6) is 0 Å². The molecule has 0 atom stereocenters. The van der Waals surface area contributed by atoms with Crippen LogP contribution >= 0.6 is 0 Å². The Morgan fingerprint density at radius 2 is 1.89 bits per heavy atom. The summed E-state index contributed by atoms with van der Waals surface area (Å²) in [4.78, 5) is 30.1. The van der Waals surface area contributed by atoms with Crippen LogP contribution < -0.4 is 0 Å². The highest BCUT2D eigenvalue weighted by molar-refractivity contribution is 5.89. The highest BCUT2D eigenvalue weighted by atomic mass is 16.5. The second-order valence-electron chi connectivity index (χ2n) is 6.70. The summed E-state index contributed by atoms with van der Waals surface area (Å²) in [5, 5.41) is 0. The Hall–Kier alpha value is -3.41. The van der Waals surface area contributed by atoms with Crippen molar-refractivity contribution in [2.75, 3.05) is 6.54 Å². The molecule has 1 saturated heterocycles. The number of carbonyl (C=O) groups is 2. The zero-order valence-electron chi connectivity index (χ0n) is 15.3. The van der Waals surface area contributed by atoms with E-state index in [1.807, 2.05) is 47.4 Å². The Labute approximate surface area is 162 Å². The first kappa shape index (κ1) is 18.0. The molecule has 4 rings (SSSR count). The van der Waals surface area contributed by atoms with Gasteiger partial charge in [-0.1, -0.05) is 30.3 Å². The largest absolute Gasteiger partial charge is 0.455 e. The van der Waals surface area contributed by atoms with Gasteiger partial charge < -0.3 is 14.1 Å². The Morgan fingerprint density at radius 3 is 2.61 bits per heavy atom. The number of nitrogens with zero attached hydrogens (tertiary/aromatic N) is 2. The van der Waals surface area contributed by atoms with E-state index in [1.54, 1.807) is 12.1 Å². The van der Waals surface area contributed by atoms with Gasteiger partial charge in [0.2, 0.25) is 11.8 Å². The van der Waals surface area contributed by atoms with E-state index in [0.717, 1.165) is 24.1 Å². The monoisotopic (exact) mass is 376 g/mol. The summed E-state index contributed by atoms with van der Waals surface area (Å²) in [7, 11) is 0. The summed E-state index contributed by atoms with van der Waals surface area (Å²) in [5.41, 5.74) is 2.88. The van der Waals surface area contributed by atoms with Crippen molar-refractivity contribution in [1.82, 2.24) is 9.88 Å². The fourth-order valence-electron chi connectivity index (χ4n) is 3.15. The zero-order valence-corrected chi connectivity index (χ0v) is 15.3. The molecule has 0 saturated carbocycles. The molecule has 1 fully saturated rings. The Balaban J connectivity index is 1.32. The summed E-state index contributed by atoms with van der Waals surface area (Å²) in [5.74, 6) is 0.256. The number of amides is 1.